The quantitative estimate of drug-likeness (QED) is 0.592. The van der Waals surface area contributed by atoms with Crippen LogP contribution in [0.25, 0.3) is 0 Å². The zero-order valence-corrected chi connectivity index (χ0v) is 13.4. The van der Waals surface area contributed by atoms with Crippen molar-refractivity contribution in [2.45, 2.75) is 19.0 Å². The molecular formula is C17H13F3N2O4. The number of nitrogens with zero attached hydrogens (tertiary/aromatic N) is 2. The van der Waals surface area contributed by atoms with Crippen molar-refractivity contribution < 1.29 is 32.3 Å². The number of fused-ring (bicyclic) bond motifs is 1. The largest absolute Gasteiger partial charge is 0.482 e. The number of ether oxygens (including phenoxy) is 1. The predicted molar refractivity (Wildman–Crippen MR) is 84.4 cm³/mol. The van der Waals surface area contributed by atoms with Gasteiger partial charge < -0.3 is 4.74 Å². The molecule has 9 heteroatoms. The van der Waals surface area contributed by atoms with Crippen molar-refractivity contribution in [1.29, 1.82) is 0 Å². The minimum Gasteiger partial charge on any atom is -0.482 e. The van der Waals surface area contributed by atoms with Crippen molar-refractivity contribution in [2.24, 2.45) is 5.92 Å². The number of benzene rings is 1. The fourth-order valence-corrected chi connectivity index (χ4v) is 2.93. The van der Waals surface area contributed by atoms with Crippen molar-refractivity contribution >= 4 is 29.1 Å². The van der Waals surface area contributed by atoms with Crippen LogP contribution in [0.15, 0.2) is 18.2 Å². The molecule has 1 saturated heterocycles. The summed E-state index contributed by atoms with van der Waals surface area (Å²) in [5, 5.41) is 0. The van der Waals surface area contributed by atoms with Gasteiger partial charge in [-0.2, -0.15) is 13.2 Å². The number of carbonyl (C=O) groups is 3. The van der Waals surface area contributed by atoms with Crippen LogP contribution in [0.3, 0.4) is 0 Å². The van der Waals surface area contributed by atoms with E-state index in [-0.39, 0.29) is 24.5 Å². The van der Waals surface area contributed by atoms with Gasteiger partial charge in [0.1, 0.15) is 5.75 Å². The van der Waals surface area contributed by atoms with Gasteiger partial charge in [0.05, 0.1) is 23.8 Å². The van der Waals surface area contributed by atoms with Gasteiger partial charge in [-0.05, 0) is 18.2 Å². The topological polar surface area (TPSA) is 66.9 Å². The summed E-state index contributed by atoms with van der Waals surface area (Å²) in [6, 6.07) is 4.16. The number of amides is 3. The third kappa shape index (κ3) is 3.10. The molecule has 0 aromatic heterocycles. The summed E-state index contributed by atoms with van der Waals surface area (Å²) >= 11 is 0. The molecule has 26 heavy (non-hydrogen) atoms. The summed E-state index contributed by atoms with van der Waals surface area (Å²) in [6.07, 6.45) is -0.984. The molecule has 3 amide bonds. The summed E-state index contributed by atoms with van der Waals surface area (Å²) < 4.78 is 43.7. The first-order valence-corrected chi connectivity index (χ1v) is 7.65. The maximum absolute atomic E-state index is 12.8. The molecule has 2 aliphatic heterocycles. The molecule has 2 aliphatic rings. The smallest absolute Gasteiger partial charge is 0.392 e. The minimum atomic E-state index is -4.61. The number of terminal acetylenes is 1. The third-order valence-corrected chi connectivity index (χ3v) is 4.20. The predicted octanol–water partition coefficient (Wildman–Crippen LogP) is 1.88. The second kappa shape index (κ2) is 6.37. The van der Waals surface area contributed by atoms with Gasteiger partial charge in [-0.25, -0.2) is 0 Å². The number of piperidine rings is 1. The molecule has 6 nitrogen and oxygen atoms in total. The standard InChI is InChI=1S/C17H13F3N2O4/c1-2-5-21-12-8-11(3-4-13(12)26-9-16(21)25)22-14(23)6-10(7-15(22)24)17(18,19)20/h1,3-4,8,10H,5-7,9H2. The van der Waals surface area contributed by atoms with Gasteiger partial charge >= 0.3 is 6.18 Å². The molecule has 1 aromatic rings. The fraction of sp³-hybridized carbons (Fsp3) is 0.353. The Hall–Kier alpha value is -3.02. The molecule has 3 rings (SSSR count). The number of carbonyl (C=O) groups excluding carboxylic acids is 3. The van der Waals surface area contributed by atoms with Crippen LogP contribution in [0.5, 0.6) is 5.75 Å². The Morgan fingerprint density at radius 2 is 1.81 bits per heavy atom. The van der Waals surface area contributed by atoms with E-state index in [1.807, 2.05) is 0 Å². The molecule has 0 saturated carbocycles. The van der Waals surface area contributed by atoms with Crippen LogP contribution < -0.4 is 14.5 Å². The third-order valence-electron chi connectivity index (χ3n) is 4.20. The van der Waals surface area contributed by atoms with E-state index in [0.29, 0.717) is 10.6 Å². The first kappa shape index (κ1) is 17.8. The Bertz CT molecular complexity index is 810. The van der Waals surface area contributed by atoms with Crippen molar-refractivity contribution in [3.63, 3.8) is 0 Å². The number of hydrogen-bond donors (Lipinski definition) is 0. The highest BCUT2D eigenvalue weighted by Crippen LogP contribution is 2.39. The Labute approximate surface area is 146 Å². The van der Waals surface area contributed by atoms with Gasteiger partial charge in [0.2, 0.25) is 11.8 Å². The lowest BCUT2D eigenvalue weighted by atomic mass is 9.94. The van der Waals surface area contributed by atoms with E-state index in [4.69, 9.17) is 11.2 Å². The van der Waals surface area contributed by atoms with E-state index in [0.717, 1.165) is 0 Å². The Balaban J connectivity index is 1.94. The summed E-state index contributed by atoms with van der Waals surface area (Å²) in [7, 11) is 0. The van der Waals surface area contributed by atoms with E-state index in [9.17, 15) is 27.6 Å². The molecule has 0 unspecified atom stereocenters. The van der Waals surface area contributed by atoms with E-state index < -0.39 is 42.7 Å². The molecular weight excluding hydrogens is 353 g/mol. The Morgan fingerprint density at radius 1 is 1.15 bits per heavy atom. The number of rotatable bonds is 2. The van der Waals surface area contributed by atoms with E-state index in [1.54, 1.807) is 0 Å². The molecule has 1 fully saturated rings. The lowest BCUT2D eigenvalue weighted by Gasteiger charge is -2.33. The van der Waals surface area contributed by atoms with E-state index in [2.05, 4.69) is 5.92 Å². The molecule has 1 aromatic carbocycles. The van der Waals surface area contributed by atoms with Crippen LogP contribution in [-0.4, -0.2) is 37.0 Å². The highest BCUT2D eigenvalue weighted by Gasteiger charge is 2.47. The average Bonchev–Trinajstić information content (AvgIpc) is 2.56. The second-order valence-corrected chi connectivity index (χ2v) is 5.89. The van der Waals surface area contributed by atoms with Crippen molar-refractivity contribution in [3.05, 3.63) is 18.2 Å². The maximum atomic E-state index is 12.8. The van der Waals surface area contributed by atoms with Crippen LogP contribution in [0.1, 0.15) is 12.8 Å². The normalized spacial score (nSPS) is 18.5. The molecule has 0 spiro atoms. The first-order valence-electron chi connectivity index (χ1n) is 7.65. The van der Waals surface area contributed by atoms with Gasteiger partial charge in [-0.15, -0.1) is 6.42 Å². The summed E-state index contributed by atoms with van der Waals surface area (Å²) in [6.45, 7) is -0.250. The second-order valence-electron chi connectivity index (χ2n) is 5.89. The molecule has 0 N–H and O–H groups in total. The lowest BCUT2D eigenvalue weighted by Crippen LogP contribution is -2.47. The van der Waals surface area contributed by atoms with Crippen LogP contribution in [0.4, 0.5) is 24.5 Å². The summed E-state index contributed by atoms with van der Waals surface area (Å²) in [5.74, 6) is -1.63. The number of alkyl halides is 3. The van der Waals surface area contributed by atoms with Crippen LogP contribution in [0, 0.1) is 18.3 Å². The molecule has 0 radical (unpaired) electrons. The highest BCUT2D eigenvalue weighted by atomic mass is 19.4. The van der Waals surface area contributed by atoms with Crippen LogP contribution in [0.2, 0.25) is 0 Å². The molecule has 0 aliphatic carbocycles. The van der Waals surface area contributed by atoms with E-state index >= 15 is 0 Å². The average molecular weight is 366 g/mol. The van der Waals surface area contributed by atoms with Gasteiger partial charge in [0.15, 0.2) is 6.61 Å². The summed E-state index contributed by atoms with van der Waals surface area (Å²) in [4.78, 5) is 38.2. The summed E-state index contributed by atoms with van der Waals surface area (Å²) in [5.41, 5.74) is 0.329. The van der Waals surface area contributed by atoms with Crippen molar-refractivity contribution in [2.75, 3.05) is 23.0 Å². The van der Waals surface area contributed by atoms with Gasteiger partial charge in [-0.3, -0.25) is 24.2 Å². The SMILES string of the molecule is C#CCN1C(=O)COc2ccc(N3C(=O)CC(C(F)(F)F)CC3=O)cc21. The van der Waals surface area contributed by atoms with Crippen LogP contribution in [-0.2, 0) is 14.4 Å². The van der Waals surface area contributed by atoms with Crippen molar-refractivity contribution in [3.8, 4) is 18.1 Å². The number of halogens is 3. The minimum absolute atomic E-state index is 0.0450. The number of anilines is 2. The number of hydrogen-bond acceptors (Lipinski definition) is 4. The molecule has 0 atom stereocenters. The van der Waals surface area contributed by atoms with Gasteiger partial charge in [0.25, 0.3) is 5.91 Å². The Kier molecular flexibility index (Phi) is 4.36. The van der Waals surface area contributed by atoms with E-state index in [1.165, 1.54) is 23.1 Å². The maximum Gasteiger partial charge on any atom is 0.392 e. The van der Waals surface area contributed by atoms with Crippen LogP contribution >= 0.6 is 0 Å². The monoisotopic (exact) mass is 366 g/mol. The molecule has 136 valence electrons. The zero-order chi connectivity index (χ0) is 19.1. The zero-order valence-electron chi connectivity index (χ0n) is 13.4. The number of imide groups is 1. The highest BCUT2D eigenvalue weighted by molar-refractivity contribution is 6.17. The lowest BCUT2D eigenvalue weighted by molar-refractivity contribution is -0.185. The van der Waals surface area contributed by atoms with Crippen molar-refractivity contribution in [1.82, 2.24) is 0 Å². The fourth-order valence-electron chi connectivity index (χ4n) is 2.93. The molecule has 2 heterocycles. The van der Waals surface area contributed by atoms with Gasteiger partial charge in [0, 0.05) is 12.8 Å². The van der Waals surface area contributed by atoms with Gasteiger partial charge in [-0.1, -0.05) is 5.92 Å². The molecule has 0 bridgehead atoms. The first-order chi connectivity index (χ1) is 12.2. The Morgan fingerprint density at radius 3 is 2.38 bits per heavy atom.